The lowest BCUT2D eigenvalue weighted by Gasteiger charge is -2.38. The minimum atomic E-state index is -0.502. The summed E-state index contributed by atoms with van der Waals surface area (Å²) in [4.78, 5) is 10.8. The van der Waals surface area contributed by atoms with Gasteiger partial charge in [-0.2, -0.15) is 9.97 Å². The number of hydrogen-bond acceptors (Lipinski definition) is 7. The molecule has 7 nitrogen and oxygen atoms in total. The molecule has 0 aliphatic carbocycles. The number of ether oxygens (including phenoxy) is 4. The molecule has 3 rings (SSSR count). The topological polar surface area (TPSA) is 65.9 Å². The Labute approximate surface area is 117 Å². The Morgan fingerprint density at radius 2 is 1.80 bits per heavy atom. The van der Waals surface area contributed by atoms with Crippen molar-refractivity contribution in [3.63, 3.8) is 0 Å². The summed E-state index contributed by atoms with van der Waals surface area (Å²) in [6.07, 6.45) is 1.88. The minimum Gasteiger partial charge on any atom is -0.481 e. The van der Waals surface area contributed by atoms with Gasteiger partial charge in [-0.05, 0) is 6.42 Å². The zero-order valence-corrected chi connectivity index (χ0v) is 11.8. The van der Waals surface area contributed by atoms with Gasteiger partial charge in [0, 0.05) is 13.0 Å². The summed E-state index contributed by atoms with van der Waals surface area (Å²) in [7, 11) is 3.15. The Bertz CT molecular complexity index is 454. The number of aromatic nitrogens is 2. The summed E-state index contributed by atoms with van der Waals surface area (Å²) in [6, 6.07) is 1.66. The molecule has 3 heterocycles. The second kappa shape index (κ2) is 5.41. The Kier molecular flexibility index (Phi) is 3.62. The zero-order chi connectivity index (χ0) is 14.0. The van der Waals surface area contributed by atoms with E-state index in [-0.39, 0.29) is 0 Å². The van der Waals surface area contributed by atoms with Gasteiger partial charge in [0.05, 0.1) is 40.0 Å². The standard InChI is InChI=1S/C13H19N3O4/c1-17-10-8-11(18-2)15-12(14-10)16-5-3-4-13(9-16)19-6-7-20-13/h8H,3-7,9H2,1-2H3. The number of rotatable bonds is 3. The summed E-state index contributed by atoms with van der Waals surface area (Å²) < 4.78 is 21.9. The highest BCUT2D eigenvalue weighted by atomic mass is 16.7. The van der Waals surface area contributed by atoms with Gasteiger partial charge in [0.2, 0.25) is 17.7 Å². The molecule has 2 saturated heterocycles. The van der Waals surface area contributed by atoms with Crippen LogP contribution in [-0.4, -0.2) is 56.3 Å². The molecule has 0 N–H and O–H groups in total. The molecule has 1 aromatic heterocycles. The lowest BCUT2D eigenvalue weighted by Crippen LogP contribution is -2.49. The van der Waals surface area contributed by atoms with Gasteiger partial charge in [-0.15, -0.1) is 0 Å². The van der Waals surface area contributed by atoms with Crippen molar-refractivity contribution in [3.05, 3.63) is 6.07 Å². The Hall–Kier alpha value is -1.60. The smallest absolute Gasteiger partial charge is 0.232 e. The first-order valence-corrected chi connectivity index (χ1v) is 6.75. The SMILES string of the molecule is COc1cc(OC)nc(N2CCCC3(C2)OCCO3)n1. The third-order valence-corrected chi connectivity index (χ3v) is 3.60. The lowest BCUT2D eigenvalue weighted by atomic mass is 10.1. The second-order valence-corrected chi connectivity index (χ2v) is 4.89. The molecule has 0 unspecified atom stereocenters. The number of hydrogen-bond donors (Lipinski definition) is 0. The van der Waals surface area contributed by atoms with Gasteiger partial charge in [-0.25, -0.2) is 0 Å². The summed E-state index contributed by atoms with van der Waals surface area (Å²) in [5, 5.41) is 0. The van der Waals surface area contributed by atoms with Crippen LogP contribution in [0.3, 0.4) is 0 Å². The van der Waals surface area contributed by atoms with Crippen molar-refractivity contribution in [2.24, 2.45) is 0 Å². The summed E-state index contributed by atoms with van der Waals surface area (Å²) in [6.45, 7) is 2.79. The van der Waals surface area contributed by atoms with Crippen LogP contribution >= 0.6 is 0 Å². The number of piperidine rings is 1. The predicted octanol–water partition coefficient (Wildman–Crippen LogP) is 0.837. The first-order valence-electron chi connectivity index (χ1n) is 6.75. The fourth-order valence-corrected chi connectivity index (χ4v) is 2.63. The Morgan fingerprint density at radius 1 is 1.15 bits per heavy atom. The van der Waals surface area contributed by atoms with E-state index in [0.717, 1.165) is 19.4 Å². The highest BCUT2D eigenvalue weighted by molar-refractivity contribution is 5.37. The van der Waals surface area contributed by atoms with E-state index in [2.05, 4.69) is 14.9 Å². The molecular formula is C13H19N3O4. The average Bonchev–Trinajstić information content (AvgIpc) is 2.94. The van der Waals surface area contributed by atoms with Gasteiger partial charge in [-0.1, -0.05) is 0 Å². The Balaban J connectivity index is 1.84. The fraction of sp³-hybridized carbons (Fsp3) is 0.692. The molecule has 1 spiro atoms. The van der Waals surface area contributed by atoms with Crippen molar-refractivity contribution in [3.8, 4) is 11.8 Å². The predicted molar refractivity (Wildman–Crippen MR) is 71.2 cm³/mol. The minimum absolute atomic E-state index is 0.486. The normalized spacial score (nSPS) is 21.2. The van der Waals surface area contributed by atoms with Crippen LogP contribution in [0, 0.1) is 0 Å². The first kappa shape index (κ1) is 13.4. The fourth-order valence-electron chi connectivity index (χ4n) is 2.63. The number of nitrogens with zero attached hydrogens (tertiary/aromatic N) is 3. The molecule has 0 atom stereocenters. The van der Waals surface area contributed by atoms with E-state index < -0.39 is 5.79 Å². The van der Waals surface area contributed by atoms with Gasteiger partial charge in [0.25, 0.3) is 0 Å². The highest BCUT2D eigenvalue weighted by Gasteiger charge is 2.41. The molecule has 0 bridgehead atoms. The van der Waals surface area contributed by atoms with Crippen molar-refractivity contribution in [1.82, 2.24) is 9.97 Å². The van der Waals surface area contributed by atoms with E-state index in [9.17, 15) is 0 Å². The van der Waals surface area contributed by atoms with Gasteiger partial charge in [0.15, 0.2) is 5.79 Å². The van der Waals surface area contributed by atoms with Crippen molar-refractivity contribution in [2.45, 2.75) is 18.6 Å². The van der Waals surface area contributed by atoms with E-state index in [1.165, 1.54) is 0 Å². The zero-order valence-electron chi connectivity index (χ0n) is 11.8. The van der Waals surface area contributed by atoms with Crippen LogP contribution in [0.2, 0.25) is 0 Å². The third-order valence-electron chi connectivity index (χ3n) is 3.60. The quantitative estimate of drug-likeness (QED) is 0.813. The monoisotopic (exact) mass is 281 g/mol. The van der Waals surface area contributed by atoms with E-state index in [0.29, 0.717) is 37.5 Å². The number of anilines is 1. The van der Waals surface area contributed by atoms with Gasteiger partial charge in [-0.3, -0.25) is 0 Å². The largest absolute Gasteiger partial charge is 0.481 e. The maximum absolute atomic E-state index is 5.76. The molecule has 0 amide bonds. The molecule has 110 valence electrons. The molecule has 2 aliphatic rings. The third kappa shape index (κ3) is 2.51. The molecule has 0 aromatic carbocycles. The van der Waals surface area contributed by atoms with Crippen LogP contribution in [0.4, 0.5) is 5.95 Å². The van der Waals surface area contributed by atoms with Gasteiger partial charge in [0.1, 0.15) is 0 Å². The molecule has 0 saturated carbocycles. The van der Waals surface area contributed by atoms with Crippen molar-refractivity contribution in [2.75, 3.05) is 45.4 Å². The van der Waals surface area contributed by atoms with E-state index in [4.69, 9.17) is 18.9 Å². The number of methoxy groups -OCH3 is 2. The molecular weight excluding hydrogens is 262 g/mol. The van der Waals surface area contributed by atoms with Crippen LogP contribution in [0.15, 0.2) is 6.07 Å². The van der Waals surface area contributed by atoms with E-state index >= 15 is 0 Å². The first-order chi connectivity index (χ1) is 9.74. The lowest BCUT2D eigenvalue weighted by molar-refractivity contribution is -0.161. The molecule has 0 radical (unpaired) electrons. The van der Waals surface area contributed by atoms with E-state index in [1.54, 1.807) is 20.3 Å². The summed E-state index contributed by atoms with van der Waals surface area (Å²) >= 11 is 0. The van der Waals surface area contributed by atoms with E-state index in [1.807, 2.05) is 0 Å². The summed E-state index contributed by atoms with van der Waals surface area (Å²) in [5.74, 6) is 1.05. The van der Waals surface area contributed by atoms with Crippen molar-refractivity contribution < 1.29 is 18.9 Å². The molecule has 2 aliphatic heterocycles. The van der Waals surface area contributed by atoms with Crippen LogP contribution in [0.25, 0.3) is 0 Å². The van der Waals surface area contributed by atoms with Gasteiger partial charge >= 0.3 is 0 Å². The van der Waals surface area contributed by atoms with Crippen LogP contribution in [-0.2, 0) is 9.47 Å². The van der Waals surface area contributed by atoms with Crippen molar-refractivity contribution in [1.29, 1.82) is 0 Å². The highest BCUT2D eigenvalue weighted by Crippen LogP contribution is 2.32. The maximum Gasteiger partial charge on any atom is 0.232 e. The second-order valence-electron chi connectivity index (χ2n) is 4.89. The van der Waals surface area contributed by atoms with Crippen LogP contribution in [0.5, 0.6) is 11.8 Å². The molecule has 7 heteroatoms. The molecule has 2 fully saturated rings. The molecule has 20 heavy (non-hydrogen) atoms. The van der Waals surface area contributed by atoms with Crippen LogP contribution in [0.1, 0.15) is 12.8 Å². The average molecular weight is 281 g/mol. The summed E-state index contributed by atoms with van der Waals surface area (Å²) in [5.41, 5.74) is 0. The van der Waals surface area contributed by atoms with Gasteiger partial charge < -0.3 is 23.8 Å². The van der Waals surface area contributed by atoms with Crippen molar-refractivity contribution >= 4 is 5.95 Å². The Morgan fingerprint density at radius 3 is 2.40 bits per heavy atom. The van der Waals surface area contributed by atoms with Crippen LogP contribution < -0.4 is 14.4 Å². The maximum atomic E-state index is 5.76. The molecule has 1 aromatic rings.